The zero-order valence-corrected chi connectivity index (χ0v) is 17.4. The molecule has 0 spiro atoms. The van der Waals surface area contributed by atoms with Gasteiger partial charge in [-0.05, 0) is 37.7 Å². The SMILES string of the molecule is Cc1ccc(CSCC(=O)Nc2cc(Cl)ccc2N2CCN(C)CC2)cc1. The molecule has 3 rings (SSSR count). The van der Waals surface area contributed by atoms with Gasteiger partial charge in [-0.25, -0.2) is 0 Å². The average molecular weight is 404 g/mol. The van der Waals surface area contributed by atoms with Crippen LogP contribution in [0.3, 0.4) is 0 Å². The highest BCUT2D eigenvalue weighted by Gasteiger charge is 2.18. The van der Waals surface area contributed by atoms with Crippen LogP contribution in [0.2, 0.25) is 5.02 Å². The van der Waals surface area contributed by atoms with Crippen LogP contribution in [0.15, 0.2) is 42.5 Å². The Hall–Kier alpha value is -1.69. The normalized spacial score (nSPS) is 15.0. The maximum absolute atomic E-state index is 12.5. The van der Waals surface area contributed by atoms with Crippen molar-refractivity contribution >= 4 is 40.6 Å². The van der Waals surface area contributed by atoms with Crippen LogP contribution in [0.4, 0.5) is 11.4 Å². The number of thioether (sulfide) groups is 1. The van der Waals surface area contributed by atoms with E-state index < -0.39 is 0 Å². The summed E-state index contributed by atoms with van der Waals surface area (Å²) in [4.78, 5) is 17.1. The van der Waals surface area contributed by atoms with Crippen molar-refractivity contribution in [1.29, 1.82) is 0 Å². The Kier molecular flexibility index (Phi) is 7.05. The minimum atomic E-state index is 0.00440. The maximum atomic E-state index is 12.5. The number of nitrogens with one attached hydrogen (secondary N) is 1. The van der Waals surface area contributed by atoms with Crippen LogP contribution >= 0.6 is 23.4 Å². The standard InChI is InChI=1S/C21H26ClN3OS/c1-16-3-5-17(6-4-16)14-27-15-21(26)23-19-13-18(22)7-8-20(19)25-11-9-24(2)10-12-25/h3-8,13H,9-12,14-15H2,1-2H3,(H,23,26). The fourth-order valence-corrected chi connectivity index (χ4v) is 4.02. The fraction of sp³-hybridized carbons (Fsp3) is 0.381. The number of likely N-dealkylation sites (N-methyl/N-ethyl adjacent to an activating group) is 1. The molecule has 0 aliphatic carbocycles. The van der Waals surface area contributed by atoms with Gasteiger partial charge in [0.15, 0.2) is 0 Å². The van der Waals surface area contributed by atoms with Crippen molar-refractivity contribution < 1.29 is 4.79 Å². The lowest BCUT2D eigenvalue weighted by Crippen LogP contribution is -2.44. The summed E-state index contributed by atoms with van der Waals surface area (Å²) in [5, 5.41) is 3.69. The molecule has 0 aromatic heterocycles. The van der Waals surface area contributed by atoms with Gasteiger partial charge < -0.3 is 15.1 Å². The number of aryl methyl sites for hydroxylation is 1. The molecule has 2 aromatic rings. The average Bonchev–Trinajstić information content (AvgIpc) is 2.64. The Morgan fingerprint density at radius 3 is 2.52 bits per heavy atom. The highest BCUT2D eigenvalue weighted by atomic mass is 35.5. The zero-order valence-electron chi connectivity index (χ0n) is 15.9. The van der Waals surface area contributed by atoms with Gasteiger partial charge >= 0.3 is 0 Å². The van der Waals surface area contributed by atoms with E-state index in [1.54, 1.807) is 11.8 Å². The number of carbonyl (C=O) groups excluding carboxylic acids is 1. The number of nitrogens with zero attached hydrogens (tertiary/aromatic N) is 2. The predicted octanol–water partition coefficient (Wildman–Crippen LogP) is 4.27. The summed E-state index contributed by atoms with van der Waals surface area (Å²) in [6.45, 7) is 6.00. The van der Waals surface area contributed by atoms with E-state index in [0.717, 1.165) is 43.3 Å². The molecule has 27 heavy (non-hydrogen) atoms. The van der Waals surface area contributed by atoms with Crippen LogP contribution < -0.4 is 10.2 Å². The lowest BCUT2D eigenvalue weighted by molar-refractivity contribution is -0.113. The molecule has 1 saturated heterocycles. The van der Waals surface area contributed by atoms with Gasteiger partial charge in [-0.15, -0.1) is 11.8 Å². The van der Waals surface area contributed by atoms with Gasteiger partial charge in [0.1, 0.15) is 0 Å². The molecule has 1 N–H and O–H groups in total. The first-order valence-electron chi connectivity index (χ1n) is 9.17. The van der Waals surface area contributed by atoms with Crippen LogP contribution in [-0.2, 0) is 10.5 Å². The summed E-state index contributed by atoms with van der Waals surface area (Å²) in [5.74, 6) is 1.25. The summed E-state index contributed by atoms with van der Waals surface area (Å²) in [7, 11) is 2.13. The van der Waals surface area contributed by atoms with Gasteiger partial charge in [0.25, 0.3) is 0 Å². The second-order valence-corrected chi connectivity index (χ2v) is 8.40. The summed E-state index contributed by atoms with van der Waals surface area (Å²) in [6, 6.07) is 14.2. The molecule has 4 nitrogen and oxygen atoms in total. The third-order valence-electron chi connectivity index (χ3n) is 4.70. The molecule has 1 aliphatic rings. The second kappa shape index (κ2) is 9.49. The smallest absolute Gasteiger partial charge is 0.234 e. The van der Waals surface area contributed by atoms with E-state index in [1.165, 1.54) is 11.1 Å². The summed E-state index contributed by atoms with van der Waals surface area (Å²) < 4.78 is 0. The molecule has 0 bridgehead atoms. The molecule has 0 unspecified atom stereocenters. The van der Waals surface area contributed by atoms with Crippen LogP contribution in [0, 0.1) is 6.92 Å². The molecule has 1 aliphatic heterocycles. The summed E-state index contributed by atoms with van der Waals surface area (Å²) >= 11 is 7.80. The van der Waals surface area contributed by atoms with Crippen molar-refractivity contribution in [3.05, 3.63) is 58.6 Å². The number of carbonyl (C=O) groups is 1. The van der Waals surface area contributed by atoms with E-state index in [-0.39, 0.29) is 5.91 Å². The number of rotatable bonds is 6. The van der Waals surface area contributed by atoms with Crippen LogP contribution in [-0.4, -0.2) is 49.8 Å². The molecule has 0 atom stereocenters. The fourth-order valence-electron chi connectivity index (χ4n) is 3.06. The Balaban J connectivity index is 1.58. The predicted molar refractivity (Wildman–Crippen MR) is 117 cm³/mol. The molecule has 0 radical (unpaired) electrons. The van der Waals surface area contributed by atoms with E-state index in [0.29, 0.717) is 10.8 Å². The first kappa shape index (κ1) is 20.1. The van der Waals surface area contributed by atoms with Gasteiger partial charge in [0, 0.05) is 37.0 Å². The summed E-state index contributed by atoms with van der Waals surface area (Å²) in [6.07, 6.45) is 0. The van der Waals surface area contributed by atoms with Crippen LogP contribution in [0.5, 0.6) is 0 Å². The number of amides is 1. The lowest BCUT2D eigenvalue weighted by atomic mass is 10.2. The van der Waals surface area contributed by atoms with E-state index in [1.807, 2.05) is 18.2 Å². The molecule has 0 saturated carbocycles. The number of anilines is 2. The first-order chi connectivity index (χ1) is 13.0. The molecular formula is C21H26ClN3OS. The molecule has 2 aromatic carbocycles. The quantitative estimate of drug-likeness (QED) is 0.781. The topological polar surface area (TPSA) is 35.6 Å². The third-order valence-corrected chi connectivity index (χ3v) is 5.94. The number of halogens is 1. The van der Waals surface area contributed by atoms with E-state index in [9.17, 15) is 4.79 Å². The van der Waals surface area contributed by atoms with Gasteiger partial charge in [0.2, 0.25) is 5.91 Å². The number of piperazine rings is 1. The van der Waals surface area contributed by atoms with E-state index in [4.69, 9.17) is 11.6 Å². The van der Waals surface area contributed by atoms with Crippen molar-refractivity contribution in [2.45, 2.75) is 12.7 Å². The van der Waals surface area contributed by atoms with Gasteiger partial charge in [0.05, 0.1) is 17.1 Å². The highest BCUT2D eigenvalue weighted by molar-refractivity contribution is 7.99. The zero-order chi connectivity index (χ0) is 19.2. The third kappa shape index (κ3) is 5.89. The maximum Gasteiger partial charge on any atom is 0.234 e. The van der Waals surface area contributed by atoms with Crippen LogP contribution in [0.1, 0.15) is 11.1 Å². The Morgan fingerprint density at radius 1 is 1.11 bits per heavy atom. The second-order valence-electron chi connectivity index (χ2n) is 6.98. The number of benzene rings is 2. The number of hydrogen-bond donors (Lipinski definition) is 1. The molecule has 1 heterocycles. The minimum Gasteiger partial charge on any atom is -0.367 e. The van der Waals surface area contributed by atoms with Crippen molar-refractivity contribution in [2.75, 3.05) is 49.2 Å². The van der Waals surface area contributed by atoms with Gasteiger partial charge in [-0.2, -0.15) is 0 Å². The molecular weight excluding hydrogens is 378 g/mol. The van der Waals surface area contributed by atoms with E-state index >= 15 is 0 Å². The highest BCUT2D eigenvalue weighted by Crippen LogP contribution is 2.30. The van der Waals surface area contributed by atoms with E-state index in [2.05, 4.69) is 53.4 Å². The van der Waals surface area contributed by atoms with Crippen molar-refractivity contribution in [1.82, 2.24) is 4.90 Å². The van der Waals surface area contributed by atoms with Crippen molar-refractivity contribution in [2.24, 2.45) is 0 Å². The Bertz CT molecular complexity index is 773. The Labute approximate surface area is 170 Å². The molecule has 1 fully saturated rings. The molecule has 144 valence electrons. The minimum absolute atomic E-state index is 0.00440. The van der Waals surface area contributed by atoms with Gasteiger partial charge in [-0.1, -0.05) is 41.4 Å². The van der Waals surface area contributed by atoms with Gasteiger partial charge in [-0.3, -0.25) is 4.79 Å². The summed E-state index contributed by atoms with van der Waals surface area (Å²) in [5.41, 5.74) is 4.33. The first-order valence-corrected chi connectivity index (χ1v) is 10.7. The molecule has 6 heteroatoms. The monoisotopic (exact) mass is 403 g/mol. The van der Waals surface area contributed by atoms with Crippen molar-refractivity contribution in [3.8, 4) is 0 Å². The van der Waals surface area contributed by atoms with Crippen molar-refractivity contribution in [3.63, 3.8) is 0 Å². The Morgan fingerprint density at radius 2 is 1.81 bits per heavy atom. The van der Waals surface area contributed by atoms with Crippen LogP contribution in [0.25, 0.3) is 0 Å². The molecule has 1 amide bonds. The largest absolute Gasteiger partial charge is 0.367 e. The lowest BCUT2D eigenvalue weighted by Gasteiger charge is -2.35. The number of hydrogen-bond acceptors (Lipinski definition) is 4.